The maximum atomic E-state index is 6.21. The Labute approximate surface area is 129 Å². The van der Waals surface area contributed by atoms with E-state index in [-0.39, 0.29) is 0 Å². The molecule has 1 aromatic carbocycles. The number of thiophene rings is 1. The Hall–Kier alpha value is -1.03. The minimum atomic E-state index is 0.657. The van der Waals surface area contributed by atoms with Crippen molar-refractivity contribution in [2.45, 2.75) is 31.8 Å². The molecule has 20 heavy (non-hydrogen) atoms. The molecule has 0 atom stereocenters. The van der Waals surface area contributed by atoms with Crippen molar-refractivity contribution in [1.29, 1.82) is 0 Å². The molecule has 1 aliphatic carbocycles. The maximum Gasteiger partial charge on any atom is 0.0440 e. The third kappa shape index (κ3) is 3.17. The molecule has 0 saturated heterocycles. The van der Waals surface area contributed by atoms with E-state index in [1.165, 1.54) is 29.7 Å². The van der Waals surface area contributed by atoms with Crippen molar-refractivity contribution in [3.63, 3.8) is 0 Å². The fourth-order valence-corrected chi connectivity index (χ4v) is 3.37. The molecule has 1 aromatic heterocycles. The lowest BCUT2D eigenvalue weighted by Crippen LogP contribution is -2.26. The molecule has 1 aliphatic rings. The van der Waals surface area contributed by atoms with E-state index >= 15 is 0 Å². The normalized spacial score (nSPS) is 14.5. The van der Waals surface area contributed by atoms with Crippen molar-refractivity contribution in [1.82, 2.24) is 0 Å². The summed E-state index contributed by atoms with van der Waals surface area (Å²) in [5.41, 5.74) is 9.69. The van der Waals surface area contributed by atoms with Crippen molar-refractivity contribution in [2.24, 2.45) is 5.73 Å². The zero-order valence-corrected chi connectivity index (χ0v) is 13.0. The van der Waals surface area contributed by atoms with Gasteiger partial charge in [0.15, 0.2) is 0 Å². The van der Waals surface area contributed by atoms with Crippen molar-refractivity contribution < 1.29 is 0 Å². The third-order valence-electron chi connectivity index (χ3n) is 3.69. The van der Waals surface area contributed by atoms with E-state index in [0.717, 1.165) is 18.0 Å². The first-order valence-electron chi connectivity index (χ1n) is 7.04. The van der Waals surface area contributed by atoms with Gasteiger partial charge in [0.25, 0.3) is 0 Å². The number of hydrogen-bond acceptors (Lipinski definition) is 3. The molecule has 2 nitrogen and oxygen atoms in total. The molecule has 1 saturated carbocycles. The molecule has 4 heteroatoms. The van der Waals surface area contributed by atoms with Gasteiger partial charge in [-0.2, -0.15) is 11.3 Å². The van der Waals surface area contributed by atoms with Crippen LogP contribution in [0.25, 0.3) is 0 Å². The number of nitrogens with zero attached hydrogens (tertiary/aromatic N) is 1. The molecular weight excluding hydrogens is 288 g/mol. The molecule has 0 radical (unpaired) electrons. The Bertz CT molecular complexity index is 564. The summed E-state index contributed by atoms with van der Waals surface area (Å²) in [7, 11) is 0. The molecule has 2 aromatic rings. The Morgan fingerprint density at radius 2 is 2.15 bits per heavy atom. The van der Waals surface area contributed by atoms with Gasteiger partial charge in [-0.1, -0.05) is 17.7 Å². The highest BCUT2D eigenvalue weighted by atomic mass is 35.5. The zero-order valence-electron chi connectivity index (χ0n) is 11.4. The van der Waals surface area contributed by atoms with Crippen LogP contribution in [0.1, 0.15) is 24.0 Å². The fourth-order valence-electron chi connectivity index (χ4n) is 2.55. The van der Waals surface area contributed by atoms with Gasteiger partial charge >= 0.3 is 0 Å². The van der Waals surface area contributed by atoms with Crippen LogP contribution in [0, 0.1) is 0 Å². The Morgan fingerprint density at radius 1 is 1.30 bits per heavy atom. The van der Waals surface area contributed by atoms with Crippen molar-refractivity contribution >= 4 is 28.6 Å². The zero-order chi connectivity index (χ0) is 13.9. The van der Waals surface area contributed by atoms with Crippen LogP contribution in [-0.2, 0) is 13.0 Å². The van der Waals surface area contributed by atoms with E-state index in [2.05, 4.69) is 33.9 Å². The summed E-state index contributed by atoms with van der Waals surface area (Å²) in [5.74, 6) is 0. The van der Waals surface area contributed by atoms with E-state index in [0.29, 0.717) is 12.6 Å². The second-order valence-corrected chi connectivity index (χ2v) is 6.52. The van der Waals surface area contributed by atoms with Crippen LogP contribution in [0.5, 0.6) is 0 Å². The Kier molecular flexibility index (Phi) is 4.29. The summed E-state index contributed by atoms with van der Waals surface area (Å²) in [5, 5.41) is 5.17. The molecule has 1 fully saturated rings. The van der Waals surface area contributed by atoms with Gasteiger partial charge in [-0.25, -0.2) is 0 Å². The lowest BCUT2D eigenvalue weighted by molar-refractivity contribution is 0.786. The average Bonchev–Trinajstić information content (AvgIpc) is 3.15. The highest BCUT2D eigenvalue weighted by Crippen LogP contribution is 2.36. The first-order chi connectivity index (χ1) is 9.78. The minimum Gasteiger partial charge on any atom is -0.364 e. The van der Waals surface area contributed by atoms with Crippen LogP contribution < -0.4 is 10.6 Å². The molecule has 0 unspecified atom stereocenters. The first kappa shape index (κ1) is 13.9. The van der Waals surface area contributed by atoms with Crippen molar-refractivity contribution in [2.75, 3.05) is 11.4 Å². The van der Waals surface area contributed by atoms with Crippen LogP contribution >= 0.6 is 22.9 Å². The van der Waals surface area contributed by atoms with Gasteiger partial charge in [-0.3, -0.25) is 0 Å². The second kappa shape index (κ2) is 6.17. The van der Waals surface area contributed by atoms with Gasteiger partial charge in [-0.05, 0) is 65.9 Å². The number of benzene rings is 1. The number of hydrogen-bond donors (Lipinski definition) is 1. The van der Waals surface area contributed by atoms with Gasteiger partial charge in [-0.15, -0.1) is 0 Å². The highest BCUT2D eigenvalue weighted by Gasteiger charge is 2.30. The topological polar surface area (TPSA) is 29.3 Å². The quantitative estimate of drug-likeness (QED) is 0.871. The first-order valence-corrected chi connectivity index (χ1v) is 8.36. The molecule has 0 bridgehead atoms. The summed E-state index contributed by atoms with van der Waals surface area (Å²) >= 11 is 7.97. The predicted molar refractivity (Wildman–Crippen MR) is 87.7 cm³/mol. The van der Waals surface area contributed by atoms with Crippen LogP contribution in [0.3, 0.4) is 0 Å². The van der Waals surface area contributed by atoms with Gasteiger partial charge in [0.2, 0.25) is 0 Å². The highest BCUT2D eigenvalue weighted by molar-refractivity contribution is 7.07. The second-order valence-electron chi connectivity index (χ2n) is 5.30. The standard InChI is InChI=1S/C16H19ClN2S/c17-14-2-1-13(5-7-18)16(9-14)19(15-3-4-15)10-12-6-8-20-11-12/h1-2,6,8-9,11,15H,3-5,7,10,18H2. The van der Waals surface area contributed by atoms with E-state index in [4.69, 9.17) is 17.3 Å². The van der Waals surface area contributed by atoms with Crippen molar-refractivity contribution in [3.05, 3.63) is 51.2 Å². The van der Waals surface area contributed by atoms with Crippen LogP contribution in [0.4, 0.5) is 5.69 Å². The van der Waals surface area contributed by atoms with Crippen LogP contribution in [0.15, 0.2) is 35.0 Å². The molecular formula is C16H19ClN2S. The Morgan fingerprint density at radius 3 is 2.80 bits per heavy atom. The summed E-state index contributed by atoms with van der Waals surface area (Å²) in [6.07, 6.45) is 3.46. The third-order valence-corrected chi connectivity index (χ3v) is 4.66. The van der Waals surface area contributed by atoms with Crippen LogP contribution in [0.2, 0.25) is 5.02 Å². The molecule has 3 rings (SSSR count). The molecule has 1 heterocycles. The van der Waals surface area contributed by atoms with Gasteiger partial charge < -0.3 is 10.6 Å². The Balaban J connectivity index is 1.92. The molecule has 0 amide bonds. The van der Waals surface area contributed by atoms with Gasteiger partial charge in [0.05, 0.1) is 0 Å². The largest absolute Gasteiger partial charge is 0.364 e. The average molecular weight is 307 g/mol. The lowest BCUT2D eigenvalue weighted by Gasteiger charge is -2.27. The van der Waals surface area contributed by atoms with Crippen LogP contribution in [-0.4, -0.2) is 12.6 Å². The number of nitrogens with two attached hydrogens (primary N) is 1. The molecule has 2 N–H and O–H groups in total. The number of anilines is 1. The molecule has 0 spiro atoms. The van der Waals surface area contributed by atoms with Crippen molar-refractivity contribution in [3.8, 4) is 0 Å². The SMILES string of the molecule is NCCc1ccc(Cl)cc1N(Cc1ccsc1)C1CC1. The number of rotatable bonds is 6. The van der Waals surface area contributed by atoms with E-state index in [9.17, 15) is 0 Å². The summed E-state index contributed by atoms with van der Waals surface area (Å²) < 4.78 is 0. The maximum absolute atomic E-state index is 6.21. The summed E-state index contributed by atoms with van der Waals surface area (Å²) in [6.45, 7) is 1.64. The van der Waals surface area contributed by atoms with Gasteiger partial charge in [0.1, 0.15) is 0 Å². The minimum absolute atomic E-state index is 0.657. The molecule has 106 valence electrons. The predicted octanol–water partition coefficient (Wildman–Crippen LogP) is 4.07. The molecule has 0 aliphatic heterocycles. The fraction of sp³-hybridized carbons (Fsp3) is 0.375. The van der Waals surface area contributed by atoms with E-state index in [1.54, 1.807) is 11.3 Å². The lowest BCUT2D eigenvalue weighted by atomic mass is 10.1. The summed E-state index contributed by atoms with van der Waals surface area (Å²) in [4.78, 5) is 2.50. The van der Waals surface area contributed by atoms with E-state index in [1.807, 2.05) is 6.07 Å². The smallest absolute Gasteiger partial charge is 0.0440 e. The van der Waals surface area contributed by atoms with E-state index < -0.39 is 0 Å². The monoisotopic (exact) mass is 306 g/mol. The summed E-state index contributed by atoms with van der Waals surface area (Å²) in [6, 6.07) is 9.04. The number of halogens is 1. The van der Waals surface area contributed by atoms with Gasteiger partial charge in [0, 0.05) is 23.3 Å².